The Balaban J connectivity index is 1.47. The number of hydrazone groups is 1. The predicted octanol–water partition coefficient (Wildman–Crippen LogP) is 5.01. The van der Waals surface area contributed by atoms with Gasteiger partial charge in [0.1, 0.15) is 5.75 Å². The number of hydrogen-bond acceptors (Lipinski definition) is 5. The van der Waals surface area contributed by atoms with Gasteiger partial charge in [0.05, 0.1) is 18.3 Å². The molecule has 0 spiro atoms. The standard InChI is InChI=1S/C28H22BrN3O4/c1-18-9-11-20(12-10-18)28(35)36-25-14-13-19-5-2-3-8-23(19)24(25)16-31-32-26(33)17-30-27(34)21-6-4-7-22(29)15-21/h2-16H,17H2,1H3,(H,30,34)(H,32,33)/b31-16-. The third kappa shape index (κ3) is 6.22. The molecule has 0 bridgehead atoms. The molecule has 8 heteroatoms. The Morgan fingerprint density at radius 1 is 0.917 bits per heavy atom. The van der Waals surface area contributed by atoms with Gasteiger partial charge in [-0.1, -0.05) is 70.0 Å². The molecule has 0 unspecified atom stereocenters. The van der Waals surface area contributed by atoms with E-state index in [4.69, 9.17) is 4.74 Å². The molecular weight excluding hydrogens is 522 g/mol. The smallest absolute Gasteiger partial charge is 0.343 e. The summed E-state index contributed by atoms with van der Waals surface area (Å²) in [6.45, 7) is 1.68. The zero-order valence-corrected chi connectivity index (χ0v) is 20.9. The number of hydrogen-bond donors (Lipinski definition) is 2. The molecule has 0 aromatic heterocycles. The molecule has 7 nitrogen and oxygen atoms in total. The van der Waals surface area contributed by atoms with Crippen LogP contribution in [0.25, 0.3) is 10.8 Å². The van der Waals surface area contributed by atoms with Gasteiger partial charge in [-0.3, -0.25) is 9.59 Å². The first-order valence-electron chi connectivity index (χ1n) is 11.1. The molecule has 2 N–H and O–H groups in total. The number of carbonyl (C=O) groups excluding carboxylic acids is 3. The minimum Gasteiger partial charge on any atom is -0.422 e. The fourth-order valence-corrected chi connectivity index (χ4v) is 3.85. The maximum absolute atomic E-state index is 12.7. The maximum Gasteiger partial charge on any atom is 0.343 e. The summed E-state index contributed by atoms with van der Waals surface area (Å²) in [5.74, 6) is -1.08. The van der Waals surface area contributed by atoms with Crippen molar-refractivity contribution < 1.29 is 19.1 Å². The van der Waals surface area contributed by atoms with Crippen LogP contribution in [0.2, 0.25) is 0 Å². The van der Waals surface area contributed by atoms with Crippen molar-refractivity contribution in [2.24, 2.45) is 5.10 Å². The van der Waals surface area contributed by atoms with Crippen LogP contribution in [0.1, 0.15) is 31.8 Å². The fraction of sp³-hybridized carbons (Fsp3) is 0.0714. The number of benzene rings is 4. The Labute approximate surface area is 216 Å². The van der Waals surface area contributed by atoms with Crippen LogP contribution >= 0.6 is 15.9 Å². The van der Waals surface area contributed by atoms with Gasteiger partial charge in [0.25, 0.3) is 11.8 Å². The first-order valence-corrected chi connectivity index (χ1v) is 11.9. The lowest BCUT2D eigenvalue weighted by atomic mass is 10.0. The largest absolute Gasteiger partial charge is 0.422 e. The Bertz CT molecular complexity index is 1470. The third-order valence-corrected chi connectivity index (χ3v) is 5.79. The van der Waals surface area contributed by atoms with Crippen LogP contribution in [0.15, 0.2) is 94.5 Å². The predicted molar refractivity (Wildman–Crippen MR) is 142 cm³/mol. The average molecular weight is 544 g/mol. The molecule has 4 aromatic rings. The number of esters is 1. The van der Waals surface area contributed by atoms with Crippen molar-refractivity contribution >= 4 is 50.7 Å². The number of nitrogens with zero attached hydrogens (tertiary/aromatic N) is 1. The Morgan fingerprint density at radius 2 is 1.69 bits per heavy atom. The molecule has 0 radical (unpaired) electrons. The van der Waals surface area contributed by atoms with Gasteiger partial charge in [-0.05, 0) is 54.1 Å². The molecule has 0 saturated carbocycles. The van der Waals surface area contributed by atoms with Crippen molar-refractivity contribution in [2.45, 2.75) is 6.92 Å². The molecule has 2 amide bonds. The molecule has 36 heavy (non-hydrogen) atoms. The highest BCUT2D eigenvalue weighted by atomic mass is 79.9. The zero-order chi connectivity index (χ0) is 25.5. The number of halogens is 1. The second kappa shape index (κ2) is 11.4. The van der Waals surface area contributed by atoms with E-state index in [1.54, 1.807) is 42.5 Å². The van der Waals surface area contributed by atoms with Gasteiger partial charge in [-0.2, -0.15) is 5.10 Å². The summed E-state index contributed by atoms with van der Waals surface area (Å²) >= 11 is 3.31. The molecule has 0 fully saturated rings. The number of amides is 2. The highest BCUT2D eigenvalue weighted by Gasteiger charge is 2.14. The van der Waals surface area contributed by atoms with Crippen LogP contribution in [0.4, 0.5) is 0 Å². The van der Waals surface area contributed by atoms with Crippen LogP contribution < -0.4 is 15.5 Å². The SMILES string of the molecule is Cc1ccc(C(=O)Oc2ccc3ccccc3c2/C=N\NC(=O)CNC(=O)c2cccc(Br)c2)cc1. The van der Waals surface area contributed by atoms with Crippen molar-refractivity contribution in [2.75, 3.05) is 6.54 Å². The molecule has 0 aliphatic carbocycles. The number of rotatable bonds is 7. The maximum atomic E-state index is 12.7. The van der Waals surface area contributed by atoms with Gasteiger partial charge in [0, 0.05) is 15.6 Å². The average Bonchev–Trinajstić information content (AvgIpc) is 2.88. The quantitative estimate of drug-likeness (QED) is 0.148. The molecule has 180 valence electrons. The van der Waals surface area contributed by atoms with Gasteiger partial charge in [0.2, 0.25) is 0 Å². The van der Waals surface area contributed by atoms with Gasteiger partial charge >= 0.3 is 5.97 Å². The first-order chi connectivity index (χ1) is 17.4. The van der Waals surface area contributed by atoms with E-state index in [2.05, 4.69) is 31.8 Å². The number of ether oxygens (including phenoxy) is 1. The second-order valence-electron chi connectivity index (χ2n) is 7.94. The van der Waals surface area contributed by atoms with E-state index < -0.39 is 11.9 Å². The molecule has 0 aliphatic rings. The summed E-state index contributed by atoms with van der Waals surface area (Å²) in [6.07, 6.45) is 1.42. The summed E-state index contributed by atoms with van der Waals surface area (Å²) in [6, 6.07) is 25.0. The Morgan fingerprint density at radius 3 is 2.47 bits per heavy atom. The second-order valence-corrected chi connectivity index (χ2v) is 8.86. The summed E-state index contributed by atoms with van der Waals surface area (Å²) in [4.78, 5) is 37.2. The summed E-state index contributed by atoms with van der Waals surface area (Å²) in [5.41, 5.74) is 4.82. The minimum atomic E-state index is -0.506. The van der Waals surface area contributed by atoms with Crippen LogP contribution in [0.3, 0.4) is 0 Å². The number of carbonyl (C=O) groups is 3. The Hall–Kier alpha value is -4.30. The fourth-order valence-electron chi connectivity index (χ4n) is 3.45. The van der Waals surface area contributed by atoms with E-state index in [0.29, 0.717) is 22.4 Å². The van der Waals surface area contributed by atoms with Crippen molar-refractivity contribution in [1.82, 2.24) is 10.7 Å². The van der Waals surface area contributed by atoms with Crippen molar-refractivity contribution in [3.63, 3.8) is 0 Å². The minimum absolute atomic E-state index is 0.256. The van der Waals surface area contributed by atoms with Crippen molar-refractivity contribution in [3.8, 4) is 5.75 Å². The topological polar surface area (TPSA) is 96.9 Å². The highest BCUT2D eigenvalue weighted by Crippen LogP contribution is 2.27. The number of nitrogens with one attached hydrogen (secondary N) is 2. The molecule has 4 rings (SSSR count). The number of aryl methyl sites for hydroxylation is 1. The lowest BCUT2D eigenvalue weighted by molar-refractivity contribution is -0.120. The van der Waals surface area contributed by atoms with Crippen molar-refractivity contribution in [3.05, 3.63) is 112 Å². The molecule has 0 heterocycles. The van der Waals surface area contributed by atoms with E-state index in [1.807, 2.05) is 49.4 Å². The summed E-state index contributed by atoms with van der Waals surface area (Å²) < 4.78 is 6.43. The monoisotopic (exact) mass is 543 g/mol. The van der Waals surface area contributed by atoms with Gasteiger partial charge < -0.3 is 10.1 Å². The van der Waals surface area contributed by atoms with Crippen LogP contribution in [-0.4, -0.2) is 30.5 Å². The zero-order valence-electron chi connectivity index (χ0n) is 19.3. The van der Waals surface area contributed by atoms with Crippen LogP contribution in [0, 0.1) is 6.92 Å². The summed E-state index contributed by atoms with van der Waals surface area (Å²) in [5, 5.41) is 8.30. The van der Waals surface area contributed by atoms with Crippen LogP contribution in [0.5, 0.6) is 5.75 Å². The first kappa shape index (κ1) is 24.8. The molecular formula is C28H22BrN3O4. The Kier molecular flexibility index (Phi) is 7.87. The van der Waals surface area contributed by atoms with Crippen molar-refractivity contribution in [1.29, 1.82) is 0 Å². The lowest BCUT2D eigenvalue weighted by Crippen LogP contribution is -2.34. The van der Waals surface area contributed by atoms with Gasteiger partial charge in [-0.25, -0.2) is 10.2 Å². The van der Waals surface area contributed by atoms with E-state index in [1.165, 1.54) is 6.21 Å². The van der Waals surface area contributed by atoms with E-state index in [0.717, 1.165) is 20.8 Å². The lowest BCUT2D eigenvalue weighted by Gasteiger charge is -2.11. The van der Waals surface area contributed by atoms with Crippen LogP contribution in [-0.2, 0) is 4.79 Å². The van der Waals surface area contributed by atoms with Gasteiger partial charge in [0.15, 0.2) is 0 Å². The molecule has 0 atom stereocenters. The van der Waals surface area contributed by atoms with E-state index >= 15 is 0 Å². The highest BCUT2D eigenvalue weighted by molar-refractivity contribution is 9.10. The molecule has 0 saturated heterocycles. The molecule has 0 aliphatic heterocycles. The summed E-state index contributed by atoms with van der Waals surface area (Å²) in [7, 11) is 0. The van der Waals surface area contributed by atoms with Gasteiger partial charge in [-0.15, -0.1) is 0 Å². The van der Waals surface area contributed by atoms with E-state index in [-0.39, 0.29) is 12.5 Å². The number of fused-ring (bicyclic) bond motifs is 1. The third-order valence-electron chi connectivity index (χ3n) is 5.30. The van der Waals surface area contributed by atoms with E-state index in [9.17, 15) is 14.4 Å². The normalized spacial score (nSPS) is 10.8. The molecule has 4 aromatic carbocycles.